The maximum absolute atomic E-state index is 12.6. The Morgan fingerprint density at radius 3 is 2.41 bits per heavy atom. The summed E-state index contributed by atoms with van der Waals surface area (Å²) in [4.78, 5) is 29.1. The molecule has 0 spiro atoms. The Hall–Kier alpha value is -3.47. The third-order valence-electron chi connectivity index (χ3n) is 4.63. The lowest BCUT2D eigenvalue weighted by molar-refractivity contribution is 0.0946. The molecule has 5 heteroatoms. The van der Waals surface area contributed by atoms with E-state index in [1.54, 1.807) is 6.07 Å². The SMILES string of the molecule is Cc1cccc(CNC(=O)c2cc(C(=O)Nc3ccc(C(C)C)cc3)ccn2)c1. The average molecular weight is 387 g/mol. The van der Waals surface area contributed by atoms with Crippen LogP contribution in [0.5, 0.6) is 0 Å². The Bertz CT molecular complexity index is 1010. The number of carbonyl (C=O) groups excluding carboxylic acids is 2. The van der Waals surface area contributed by atoms with E-state index < -0.39 is 0 Å². The first-order valence-electron chi connectivity index (χ1n) is 9.63. The van der Waals surface area contributed by atoms with Gasteiger partial charge in [0.15, 0.2) is 0 Å². The van der Waals surface area contributed by atoms with Gasteiger partial charge in [0.1, 0.15) is 5.69 Å². The van der Waals surface area contributed by atoms with Gasteiger partial charge in [-0.15, -0.1) is 0 Å². The van der Waals surface area contributed by atoms with E-state index >= 15 is 0 Å². The van der Waals surface area contributed by atoms with Crippen LogP contribution < -0.4 is 10.6 Å². The van der Waals surface area contributed by atoms with Crippen molar-refractivity contribution in [2.75, 3.05) is 5.32 Å². The van der Waals surface area contributed by atoms with Crippen LogP contribution >= 0.6 is 0 Å². The minimum Gasteiger partial charge on any atom is -0.347 e. The molecule has 0 aliphatic carbocycles. The second-order valence-corrected chi connectivity index (χ2v) is 7.33. The highest BCUT2D eigenvalue weighted by Gasteiger charge is 2.12. The van der Waals surface area contributed by atoms with Crippen molar-refractivity contribution in [1.82, 2.24) is 10.3 Å². The van der Waals surface area contributed by atoms with E-state index in [9.17, 15) is 9.59 Å². The molecule has 1 aromatic heterocycles. The van der Waals surface area contributed by atoms with E-state index in [-0.39, 0.29) is 17.5 Å². The molecular formula is C24H25N3O2. The first kappa shape index (κ1) is 20.3. The van der Waals surface area contributed by atoms with Crippen LogP contribution in [-0.4, -0.2) is 16.8 Å². The lowest BCUT2D eigenvalue weighted by Crippen LogP contribution is -2.24. The first-order chi connectivity index (χ1) is 13.9. The number of pyridine rings is 1. The maximum Gasteiger partial charge on any atom is 0.270 e. The van der Waals surface area contributed by atoms with Gasteiger partial charge in [-0.25, -0.2) is 0 Å². The molecule has 0 fully saturated rings. The van der Waals surface area contributed by atoms with Gasteiger partial charge in [-0.05, 0) is 48.2 Å². The molecule has 0 aliphatic heterocycles. The molecule has 0 saturated carbocycles. The fourth-order valence-electron chi connectivity index (χ4n) is 2.95. The smallest absolute Gasteiger partial charge is 0.270 e. The molecule has 29 heavy (non-hydrogen) atoms. The largest absolute Gasteiger partial charge is 0.347 e. The van der Waals surface area contributed by atoms with Crippen LogP contribution in [0.15, 0.2) is 66.9 Å². The molecule has 0 unspecified atom stereocenters. The lowest BCUT2D eigenvalue weighted by atomic mass is 10.0. The summed E-state index contributed by atoms with van der Waals surface area (Å²) in [5.74, 6) is -0.166. The van der Waals surface area contributed by atoms with Crippen molar-refractivity contribution in [2.24, 2.45) is 0 Å². The summed E-state index contributed by atoms with van der Waals surface area (Å²) in [5, 5.41) is 5.70. The van der Waals surface area contributed by atoms with Crippen molar-refractivity contribution in [3.63, 3.8) is 0 Å². The van der Waals surface area contributed by atoms with Crippen molar-refractivity contribution in [2.45, 2.75) is 33.2 Å². The predicted octanol–water partition coefficient (Wildman–Crippen LogP) is 4.70. The van der Waals surface area contributed by atoms with E-state index in [0.717, 1.165) is 11.1 Å². The molecule has 2 N–H and O–H groups in total. The number of aromatic nitrogens is 1. The summed E-state index contributed by atoms with van der Waals surface area (Å²) in [7, 11) is 0. The standard InChI is InChI=1S/C24H25N3O2/c1-16(2)19-7-9-21(10-8-19)27-23(28)20-11-12-25-22(14-20)24(29)26-15-18-6-4-5-17(3)13-18/h4-14,16H,15H2,1-3H3,(H,26,29)(H,27,28). The third-order valence-corrected chi connectivity index (χ3v) is 4.63. The Kier molecular flexibility index (Phi) is 6.39. The number of nitrogens with one attached hydrogen (secondary N) is 2. The van der Waals surface area contributed by atoms with Gasteiger partial charge in [-0.3, -0.25) is 14.6 Å². The van der Waals surface area contributed by atoms with Gasteiger partial charge >= 0.3 is 0 Å². The molecule has 0 atom stereocenters. The summed E-state index contributed by atoms with van der Waals surface area (Å²) in [6, 6.07) is 18.8. The van der Waals surface area contributed by atoms with Crippen LogP contribution in [0.25, 0.3) is 0 Å². The molecule has 3 aromatic rings. The van der Waals surface area contributed by atoms with E-state index in [1.807, 2.05) is 55.5 Å². The molecule has 2 aromatic carbocycles. The van der Waals surface area contributed by atoms with E-state index in [0.29, 0.717) is 23.7 Å². The fourth-order valence-corrected chi connectivity index (χ4v) is 2.95. The Morgan fingerprint density at radius 1 is 0.966 bits per heavy atom. The second-order valence-electron chi connectivity index (χ2n) is 7.33. The average Bonchev–Trinajstić information content (AvgIpc) is 2.72. The molecule has 2 amide bonds. The number of rotatable bonds is 6. The molecule has 3 rings (SSSR count). The second kappa shape index (κ2) is 9.15. The molecule has 148 valence electrons. The molecular weight excluding hydrogens is 362 g/mol. The number of anilines is 1. The summed E-state index contributed by atoms with van der Waals surface area (Å²) in [6.07, 6.45) is 1.47. The number of benzene rings is 2. The maximum atomic E-state index is 12.6. The summed E-state index contributed by atoms with van der Waals surface area (Å²) in [6.45, 7) is 6.65. The lowest BCUT2D eigenvalue weighted by Gasteiger charge is -2.09. The minimum absolute atomic E-state index is 0.209. The normalized spacial score (nSPS) is 10.6. The van der Waals surface area contributed by atoms with Crippen molar-refractivity contribution < 1.29 is 9.59 Å². The van der Waals surface area contributed by atoms with Gasteiger partial charge in [0.2, 0.25) is 0 Å². The van der Waals surface area contributed by atoms with Crippen LogP contribution in [-0.2, 0) is 6.54 Å². The molecule has 0 saturated heterocycles. The molecule has 0 aliphatic rings. The van der Waals surface area contributed by atoms with Gasteiger partial charge in [-0.1, -0.05) is 55.8 Å². The minimum atomic E-state index is -0.317. The van der Waals surface area contributed by atoms with Gasteiger partial charge in [0.05, 0.1) is 0 Å². The molecule has 0 bridgehead atoms. The zero-order chi connectivity index (χ0) is 20.8. The van der Waals surface area contributed by atoms with Gasteiger partial charge in [0, 0.05) is 24.0 Å². The summed E-state index contributed by atoms with van der Waals surface area (Å²) in [5.41, 5.74) is 4.65. The summed E-state index contributed by atoms with van der Waals surface area (Å²) >= 11 is 0. The van der Waals surface area contributed by atoms with E-state index in [2.05, 4.69) is 29.5 Å². The van der Waals surface area contributed by atoms with Gasteiger partial charge in [-0.2, -0.15) is 0 Å². The highest BCUT2D eigenvalue weighted by Crippen LogP contribution is 2.18. The highest BCUT2D eigenvalue weighted by molar-refractivity contribution is 6.05. The monoisotopic (exact) mass is 387 g/mol. The Labute approximate surface area is 171 Å². The van der Waals surface area contributed by atoms with Crippen molar-refractivity contribution in [1.29, 1.82) is 0 Å². The molecule has 0 radical (unpaired) electrons. The van der Waals surface area contributed by atoms with Crippen molar-refractivity contribution >= 4 is 17.5 Å². The number of carbonyl (C=O) groups is 2. The number of aryl methyl sites for hydroxylation is 1. The van der Waals surface area contributed by atoms with E-state index in [1.165, 1.54) is 17.8 Å². The third kappa shape index (κ3) is 5.51. The first-order valence-corrected chi connectivity index (χ1v) is 9.63. The van der Waals surface area contributed by atoms with Crippen molar-refractivity contribution in [3.05, 3.63) is 94.8 Å². The quantitative estimate of drug-likeness (QED) is 0.644. The zero-order valence-corrected chi connectivity index (χ0v) is 16.9. The Morgan fingerprint density at radius 2 is 1.72 bits per heavy atom. The number of amides is 2. The van der Waals surface area contributed by atoms with Crippen LogP contribution in [0.3, 0.4) is 0 Å². The zero-order valence-electron chi connectivity index (χ0n) is 16.9. The number of hydrogen-bond donors (Lipinski definition) is 2. The van der Waals surface area contributed by atoms with Crippen molar-refractivity contribution in [3.8, 4) is 0 Å². The van der Waals surface area contributed by atoms with Crippen LogP contribution in [0.4, 0.5) is 5.69 Å². The number of hydrogen-bond acceptors (Lipinski definition) is 3. The van der Waals surface area contributed by atoms with E-state index in [4.69, 9.17) is 0 Å². The van der Waals surface area contributed by atoms with Crippen LogP contribution in [0, 0.1) is 6.92 Å². The van der Waals surface area contributed by atoms with Gasteiger partial charge < -0.3 is 10.6 Å². The number of nitrogens with zero attached hydrogens (tertiary/aromatic N) is 1. The Balaban J connectivity index is 1.64. The molecule has 1 heterocycles. The van der Waals surface area contributed by atoms with Gasteiger partial charge in [0.25, 0.3) is 11.8 Å². The van der Waals surface area contributed by atoms with Crippen LogP contribution in [0.1, 0.15) is 57.3 Å². The summed E-state index contributed by atoms with van der Waals surface area (Å²) < 4.78 is 0. The highest BCUT2D eigenvalue weighted by atomic mass is 16.2. The van der Waals surface area contributed by atoms with Crippen LogP contribution in [0.2, 0.25) is 0 Å². The fraction of sp³-hybridized carbons (Fsp3) is 0.208. The topological polar surface area (TPSA) is 71.1 Å². The molecule has 5 nitrogen and oxygen atoms in total. The predicted molar refractivity (Wildman–Crippen MR) is 115 cm³/mol.